The first-order valence-corrected chi connectivity index (χ1v) is 11.1. The number of ether oxygens (including phenoxy) is 3. The number of methoxy groups -OCH3 is 1. The summed E-state index contributed by atoms with van der Waals surface area (Å²) in [6, 6.07) is 0. The number of nitrogens with one attached hydrogen (secondary N) is 1. The van der Waals surface area contributed by atoms with Crippen molar-refractivity contribution < 1.29 is 42.4 Å². The van der Waals surface area contributed by atoms with Crippen LogP contribution in [0.4, 0.5) is 13.2 Å². The number of carbonyl (C=O) groups is 1. The number of allylic oxidation sites excluding steroid dienone is 7. The second kappa shape index (κ2) is 10.2. The summed E-state index contributed by atoms with van der Waals surface area (Å²) in [7, 11) is 1.39. The summed E-state index contributed by atoms with van der Waals surface area (Å²) in [5.41, 5.74) is -0.813. The second-order valence-corrected chi connectivity index (χ2v) is 9.32. The van der Waals surface area contributed by atoms with Crippen molar-refractivity contribution in [3.63, 3.8) is 0 Å². The molecule has 34 heavy (non-hydrogen) atoms. The van der Waals surface area contributed by atoms with Gasteiger partial charge in [0, 0.05) is 38.4 Å². The average Bonchev–Trinajstić information content (AvgIpc) is 2.76. The van der Waals surface area contributed by atoms with E-state index >= 15 is 8.78 Å². The molecular weight excluding hydrogens is 455 g/mol. The lowest BCUT2D eigenvalue weighted by Crippen LogP contribution is -2.63. The molecule has 3 rings (SSSR count). The first-order valence-electron chi connectivity index (χ1n) is 11.1. The van der Waals surface area contributed by atoms with Crippen molar-refractivity contribution in [1.29, 1.82) is 0 Å². The molecule has 1 amide bonds. The Morgan fingerprint density at radius 3 is 2.56 bits per heavy atom. The van der Waals surface area contributed by atoms with Gasteiger partial charge in [-0.05, 0) is 19.9 Å². The van der Waals surface area contributed by atoms with E-state index in [1.165, 1.54) is 31.4 Å². The quantitative estimate of drug-likeness (QED) is 0.511. The lowest BCUT2D eigenvalue weighted by molar-refractivity contribution is -0.318. The van der Waals surface area contributed by atoms with E-state index in [-0.39, 0.29) is 24.2 Å². The minimum Gasteiger partial charge on any atom is -0.466 e. The third-order valence-corrected chi connectivity index (χ3v) is 6.29. The number of amides is 1. The van der Waals surface area contributed by atoms with Gasteiger partial charge in [0.25, 0.3) is 5.92 Å². The Bertz CT molecular complexity index is 897. The van der Waals surface area contributed by atoms with Crippen LogP contribution in [0.2, 0.25) is 0 Å². The van der Waals surface area contributed by atoms with E-state index in [4.69, 9.17) is 14.2 Å². The van der Waals surface area contributed by atoms with Crippen LogP contribution in [0.25, 0.3) is 0 Å². The van der Waals surface area contributed by atoms with Gasteiger partial charge < -0.3 is 29.7 Å². The Morgan fingerprint density at radius 1 is 1.24 bits per heavy atom. The topological polar surface area (TPSA) is 97.3 Å². The van der Waals surface area contributed by atoms with E-state index < -0.39 is 60.7 Å². The summed E-state index contributed by atoms with van der Waals surface area (Å²) < 4.78 is 61.1. The lowest BCUT2D eigenvalue weighted by Gasteiger charge is -2.47. The number of alkyl halides is 3. The van der Waals surface area contributed by atoms with Crippen LogP contribution >= 0.6 is 0 Å². The van der Waals surface area contributed by atoms with Gasteiger partial charge >= 0.3 is 0 Å². The molecule has 0 aromatic rings. The van der Waals surface area contributed by atoms with Gasteiger partial charge in [0.1, 0.15) is 30.2 Å². The summed E-state index contributed by atoms with van der Waals surface area (Å²) >= 11 is 0. The minimum atomic E-state index is -3.38. The van der Waals surface area contributed by atoms with Crippen molar-refractivity contribution in [2.45, 2.75) is 75.9 Å². The van der Waals surface area contributed by atoms with E-state index in [1.54, 1.807) is 19.9 Å². The first-order chi connectivity index (χ1) is 15.9. The average molecular weight is 488 g/mol. The molecule has 0 bridgehead atoms. The van der Waals surface area contributed by atoms with Gasteiger partial charge in [-0.1, -0.05) is 29.9 Å². The van der Waals surface area contributed by atoms with E-state index in [2.05, 4.69) is 5.32 Å². The lowest BCUT2D eigenvalue weighted by atomic mass is 9.78. The van der Waals surface area contributed by atoms with Gasteiger partial charge in [-0.2, -0.15) is 8.78 Å². The molecule has 3 aliphatic rings. The maximum atomic E-state index is 15.1. The zero-order valence-corrected chi connectivity index (χ0v) is 19.6. The monoisotopic (exact) mass is 487 g/mol. The normalized spacial score (nSPS) is 33.5. The summed E-state index contributed by atoms with van der Waals surface area (Å²) in [4.78, 5) is 11.2. The SMILES string of the molecule is CO[C@@H]1[C@@H](O)[C@@H](O)[C@H](OC2=CC=C(C(F)(F)CNC(C)=O)C(C3=CC=CC(F)C3)C2)OC1(C)C. The van der Waals surface area contributed by atoms with Gasteiger partial charge in [-0.15, -0.1) is 0 Å². The maximum absolute atomic E-state index is 15.1. The van der Waals surface area contributed by atoms with Crippen molar-refractivity contribution >= 4 is 5.91 Å². The molecule has 3 N–H and O–H groups in total. The smallest absolute Gasteiger partial charge is 0.287 e. The van der Waals surface area contributed by atoms with E-state index in [0.717, 1.165) is 6.92 Å². The molecule has 0 spiro atoms. The molecule has 1 aliphatic heterocycles. The highest BCUT2D eigenvalue weighted by molar-refractivity contribution is 5.72. The molecule has 1 saturated heterocycles. The van der Waals surface area contributed by atoms with Gasteiger partial charge in [-0.3, -0.25) is 4.79 Å². The van der Waals surface area contributed by atoms with Gasteiger partial charge in [-0.25, -0.2) is 4.39 Å². The van der Waals surface area contributed by atoms with Gasteiger partial charge in [0.2, 0.25) is 12.2 Å². The number of aliphatic hydroxyl groups excluding tert-OH is 2. The number of hydrogen-bond donors (Lipinski definition) is 3. The van der Waals surface area contributed by atoms with Crippen LogP contribution in [0.3, 0.4) is 0 Å². The molecule has 0 aromatic carbocycles. The Labute approximate surface area is 196 Å². The molecule has 1 fully saturated rings. The highest BCUT2D eigenvalue weighted by atomic mass is 19.3. The Hall–Kier alpha value is -2.14. The summed E-state index contributed by atoms with van der Waals surface area (Å²) in [5.74, 6) is -4.62. The fraction of sp³-hybridized carbons (Fsp3) is 0.625. The van der Waals surface area contributed by atoms with E-state index in [9.17, 15) is 19.4 Å². The Morgan fingerprint density at radius 2 is 1.94 bits per heavy atom. The van der Waals surface area contributed by atoms with Crippen LogP contribution in [0, 0.1) is 5.92 Å². The number of carbonyl (C=O) groups excluding carboxylic acids is 1. The molecule has 10 heteroatoms. The zero-order chi connectivity index (χ0) is 25.3. The number of hydrogen-bond acceptors (Lipinski definition) is 6. The third kappa shape index (κ3) is 5.73. The number of aliphatic hydroxyl groups is 2. The van der Waals surface area contributed by atoms with Crippen molar-refractivity contribution in [2.24, 2.45) is 5.92 Å². The summed E-state index contributed by atoms with van der Waals surface area (Å²) in [5, 5.41) is 23.1. The van der Waals surface area contributed by atoms with Crippen LogP contribution < -0.4 is 5.32 Å². The largest absolute Gasteiger partial charge is 0.466 e. The second-order valence-electron chi connectivity index (χ2n) is 9.32. The molecule has 2 aliphatic carbocycles. The zero-order valence-electron chi connectivity index (χ0n) is 19.6. The van der Waals surface area contributed by atoms with Crippen molar-refractivity contribution in [2.75, 3.05) is 13.7 Å². The molecule has 0 saturated carbocycles. The van der Waals surface area contributed by atoms with Crippen molar-refractivity contribution in [3.8, 4) is 0 Å². The summed E-state index contributed by atoms with van der Waals surface area (Å²) in [6.45, 7) is 3.61. The van der Waals surface area contributed by atoms with Crippen molar-refractivity contribution in [1.82, 2.24) is 5.32 Å². The first kappa shape index (κ1) is 26.5. The molecule has 0 aromatic heterocycles. The molecule has 190 valence electrons. The summed E-state index contributed by atoms with van der Waals surface area (Å²) in [6.07, 6.45) is 0.771. The Balaban J connectivity index is 1.87. The maximum Gasteiger partial charge on any atom is 0.287 e. The predicted molar refractivity (Wildman–Crippen MR) is 117 cm³/mol. The van der Waals surface area contributed by atoms with Crippen LogP contribution in [0.1, 0.15) is 33.6 Å². The van der Waals surface area contributed by atoms with Crippen LogP contribution in [0.15, 0.2) is 47.3 Å². The highest BCUT2D eigenvalue weighted by Gasteiger charge is 2.51. The number of rotatable bonds is 7. The minimum absolute atomic E-state index is 0.0370. The van der Waals surface area contributed by atoms with E-state index in [0.29, 0.717) is 5.57 Å². The molecule has 0 radical (unpaired) electrons. The molecule has 7 nitrogen and oxygen atoms in total. The molecular formula is C24H32F3NO6. The van der Waals surface area contributed by atoms with Crippen LogP contribution in [0.5, 0.6) is 0 Å². The van der Waals surface area contributed by atoms with Crippen LogP contribution in [-0.4, -0.2) is 72.1 Å². The highest BCUT2D eigenvalue weighted by Crippen LogP contribution is 2.43. The fourth-order valence-electron chi connectivity index (χ4n) is 4.58. The van der Waals surface area contributed by atoms with Gasteiger partial charge in [0.05, 0.1) is 12.1 Å². The van der Waals surface area contributed by atoms with Crippen molar-refractivity contribution in [3.05, 3.63) is 47.3 Å². The fourth-order valence-corrected chi connectivity index (χ4v) is 4.58. The standard InChI is InChI=1S/C24H32F3NO6/c1-13(29)28-12-24(26,27)18-9-8-16(11-17(18)14-6-5-7-15(25)10-14)33-22-20(31)19(30)21(32-4)23(2,3)34-22/h5-9,15,17,19-22,30-31H,10-12H2,1-4H3,(H,28,29)/t15?,17?,19-,20+,21+,22+/m0/s1. The van der Waals surface area contributed by atoms with Crippen LogP contribution in [-0.2, 0) is 19.0 Å². The molecule has 2 unspecified atom stereocenters. The number of halogens is 3. The third-order valence-electron chi connectivity index (χ3n) is 6.29. The molecule has 6 atom stereocenters. The Kier molecular flexibility index (Phi) is 7.96. The molecule has 1 heterocycles. The predicted octanol–water partition coefficient (Wildman–Crippen LogP) is 2.70. The van der Waals surface area contributed by atoms with Gasteiger partial charge in [0.15, 0.2) is 0 Å². The van der Waals surface area contributed by atoms with E-state index in [1.807, 2.05) is 0 Å².